The molecule has 0 spiro atoms. The Kier molecular flexibility index (Phi) is 6.00. The maximum atomic E-state index is 12.3. The molecule has 2 rings (SSSR count). The lowest BCUT2D eigenvalue weighted by molar-refractivity contribution is -0.892. The van der Waals surface area contributed by atoms with Gasteiger partial charge in [0.2, 0.25) is 0 Å². The highest BCUT2D eigenvalue weighted by Crippen LogP contribution is 2.13. The van der Waals surface area contributed by atoms with E-state index in [2.05, 4.69) is 27.2 Å². The SMILES string of the molecule is C#CC(CC)(CC)NC(=O)C[NH+]1CCN(c2cccc[nH+]2)CC1. The molecule has 5 heteroatoms. The van der Waals surface area contributed by atoms with Crippen molar-refractivity contribution in [3.8, 4) is 12.3 Å². The Hall–Kier alpha value is -2.06. The van der Waals surface area contributed by atoms with Crippen LogP contribution in [0, 0.1) is 12.3 Å². The number of piperazine rings is 1. The predicted molar refractivity (Wildman–Crippen MR) is 91.1 cm³/mol. The van der Waals surface area contributed by atoms with Crippen LogP contribution in [0.25, 0.3) is 0 Å². The van der Waals surface area contributed by atoms with E-state index < -0.39 is 5.54 Å². The number of aromatic nitrogens is 1. The van der Waals surface area contributed by atoms with E-state index in [1.165, 1.54) is 4.90 Å². The molecule has 5 nitrogen and oxygen atoms in total. The first kappa shape index (κ1) is 17.3. The van der Waals surface area contributed by atoms with Gasteiger partial charge in [0.25, 0.3) is 11.7 Å². The quantitative estimate of drug-likeness (QED) is 0.696. The van der Waals surface area contributed by atoms with Gasteiger partial charge in [0.15, 0.2) is 6.54 Å². The predicted octanol–water partition coefficient (Wildman–Crippen LogP) is -0.486. The van der Waals surface area contributed by atoms with Gasteiger partial charge in [-0.15, -0.1) is 6.42 Å². The largest absolute Gasteiger partial charge is 0.335 e. The van der Waals surface area contributed by atoms with Crippen molar-refractivity contribution in [2.75, 3.05) is 37.6 Å². The minimum atomic E-state index is -0.489. The maximum Gasteiger partial charge on any atom is 0.276 e. The summed E-state index contributed by atoms with van der Waals surface area (Å²) in [7, 11) is 0. The maximum absolute atomic E-state index is 12.3. The van der Waals surface area contributed by atoms with Gasteiger partial charge in [0, 0.05) is 6.07 Å². The van der Waals surface area contributed by atoms with Crippen LogP contribution in [0.5, 0.6) is 0 Å². The zero-order chi connectivity index (χ0) is 16.7. The smallest absolute Gasteiger partial charge is 0.276 e. The Morgan fingerprint density at radius 2 is 2.09 bits per heavy atom. The average molecular weight is 316 g/mol. The highest BCUT2D eigenvalue weighted by atomic mass is 16.2. The Balaban J connectivity index is 1.82. The van der Waals surface area contributed by atoms with Crippen LogP contribution >= 0.6 is 0 Å². The molecule has 0 unspecified atom stereocenters. The van der Waals surface area contributed by atoms with Gasteiger partial charge < -0.3 is 10.2 Å². The third-order valence-electron chi connectivity index (χ3n) is 4.78. The van der Waals surface area contributed by atoms with E-state index in [0.29, 0.717) is 6.54 Å². The summed E-state index contributed by atoms with van der Waals surface area (Å²) in [6.45, 7) is 8.35. The second kappa shape index (κ2) is 7.98. The first-order valence-electron chi connectivity index (χ1n) is 8.46. The molecular formula is C18H28N4O+2. The van der Waals surface area contributed by atoms with E-state index in [4.69, 9.17) is 6.42 Å². The summed E-state index contributed by atoms with van der Waals surface area (Å²) in [6.07, 6.45) is 9.08. The number of H-pyrrole nitrogens is 1. The molecule has 1 aromatic rings. The van der Waals surface area contributed by atoms with Crippen molar-refractivity contribution in [1.82, 2.24) is 5.32 Å². The van der Waals surface area contributed by atoms with Crippen LogP contribution in [0.2, 0.25) is 0 Å². The van der Waals surface area contributed by atoms with Gasteiger partial charge in [0.1, 0.15) is 31.7 Å². The molecule has 1 amide bonds. The summed E-state index contributed by atoms with van der Waals surface area (Å²) in [5.41, 5.74) is -0.489. The minimum absolute atomic E-state index is 0.0568. The van der Waals surface area contributed by atoms with E-state index in [1.807, 2.05) is 32.2 Å². The lowest BCUT2D eigenvalue weighted by Gasteiger charge is -2.30. The number of aromatic amines is 1. The topological polar surface area (TPSA) is 50.9 Å². The number of pyridine rings is 1. The zero-order valence-electron chi connectivity index (χ0n) is 14.2. The Bertz CT molecular complexity index is 540. The molecule has 124 valence electrons. The van der Waals surface area contributed by atoms with Crippen LogP contribution in [0.15, 0.2) is 24.4 Å². The second-order valence-corrected chi connectivity index (χ2v) is 6.14. The summed E-state index contributed by atoms with van der Waals surface area (Å²) in [4.78, 5) is 19.2. The molecule has 0 aliphatic carbocycles. The van der Waals surface area contributed by atoms with E-state index >= 15 is 0 Å². The van der Waals surface area contributed by atoms with Gasteiger partial charge in [-0.2, -0.15) is 0 Å². The molecule has 1 aliphatic heterocycles. The number of carbonyl (C=O) groups excluding carboxylic acids is 1. The van der Waals surface area contributed by atoms with Crippen molar-refractivity contribution in [1.29, 1.82) is 0 Å². The summed E-state index contributed by atoms with van der Waals surface area (Å²) in [6, 6.07) is 6.10. The fourth-order valence-electron chi connectivity index (χ4n) is 3.03. The summed E-state index contributed by atoms with van der Waals surface area (Å²) >= 11 is 0. The highest BCUT2D eigenvalue weighted by molar-refractivity contribution is 5.78. The number of carbonyl (C=O) groups is 1. The Morgan fingerprint density at radius 3 is 2.61 bits per heavy atom. The van der Waals surface area contributed by atoms with Crippen molar-refractivity contribution >= 4 is 11.7 Å². The first-order valence-corrected chi connectivity index (χ1v) is 8.46. The van der Waals surface area contributed by atoms with E-state index in [-0.39, 0.29) is 5.91 Å². The van der Waals surface area contributed by atoms with E-state index in [9.17, 15) is 4.79 Å². The molecule has 1 aliphatic rings. The first-order chi connectivity index (χ1) is 11.1. The molecule has 0 radical (unpaired) electrons. The lowest BCUT2D eigenvalue weighted by Crippen LogP contribution is -3.16. The average Bonchev–Trinajstić information content (AvgIpc) is 2.61. The van der Waals surface area contributed by atoms with Crippen LogP contribution in [0.4, 0.5) is 5.82 Å². The molecule has 3 N–H and O–H groups in total. The summed E-state index contributed by atoms with van der Waals surface area (Å²) in [5.74, 6) is 3.95. The molecule has 1 aromatic heterocycles. The van der Waals surface area contributed by atoms with Gasteiger partial charge >= 0.3 is 0 Å². The number of quaternary nitrogens is 1. The number of amides is 1. The molecule has 0 bridgehead atoms. The summed E-state index contributed by atoms with van der Waals surface area (Å²) < 4.78 is 0. The van der Waals surface area contributed by atoms with Crippen molar-refractivity contribution in [2.24, 2.45) is 0 Å². The van der Waals surface area contributed by atoms with Crippen LogP contribution in [0.3, 0.4) is 0 Å². The molecular weight excluding hydrogens is 288 g/mol. The van der Waals surface area contributed by atoms with Crippen LogP contribution < -0.4 is 20.1 Å². The zero-order valence-corrected chi connectivity index (χ0v) is 14.2. The molecule has 1 saturated heterocycles. The van der Waals surface area contributed by atoms with Gasteiger partial charge in [-0.1, -0.05) is 25.8 Å². The molecule has 1 fully saturated rings. The molecule has 0 saturated carbocycles. The number of anilines is 1. The number of nitrogens with one attached hydrogen (secondary N) is 3. The van der Waals surface area contributed by atoms with Gasteiger partial charge in [0.05, 0.1) is 6.20 Å². The highest BCUT2D eigenvalue weighted by Gasteiger charge is 2.30. The fourth-order valence-corrected chi connectivity index (χ4v) is 3.03. The fraction of sp³-hybridized carbons (Fsp3) is 0.556. The van der Waals surface area contributed by atoms with Crippen molar-refractivity contribution in [3.05, 3.63) is 24.4 Å². The van der Waals surface area contributed by atoms with Crippen molar-refractivity contribution < 1.29 is 14.7 Å². The number of hydrogen-bond acceptors (Lipinski definition) is 2. The third kappa shape index (κ3) is 4.46. The molecule has 0 aromatic carbocycles. The van der Waals surface area contributed by atoms with Crippen LogP contribution in [-0.4, -0.2) is 44.2 Å². The summed E-state index contributed by atoms with van der Waals surface area (Å²) in [5, 5.41) is 3.05. The van der Waals surface area contributed by atoms with Gasteiger partial charge in [-0.25, -0.2) is 4.98 Å². The number of rotatable bonds is 6. The molecule has 23 heavy (non-hydrogen) atoms. The Labute approximate surface area is 139 Å². The van der Waals surface area contributed by atoms with Crippen molar-refractivity contribution in [2.45, 2.75) is 32.2 Å². The van der Waals surface area contributed by atoms with E-state index in [0.717, 1.165) is 44.8 Å². The molecule has 0 atom stereocenters. The standard InChI is InChI=1S/C18H26N4O/c1-4-18(5-2,6-3)20-17(23)15-21-11-13-22(14-12-21)16-9-7-8-10-19-16/h1,7-10H,5-6,11-15H2,2-3H3,(H,20,23)/p+2. The van der Waals surface area contributed by atoms with E-state index in [1.54, 1.807) is 0 Å². The Morgan fingerprint density at radius 1 is 1.39 bits per heavy atom. The van der Waals surface area contributed by atoms with Crippen molar-refractivity contribution in [3.63, 3.8) is 0 Å². The second-order valence-electron chi connectivity index (χ2n) is 6.14. The third-order valence-corrected chi connectivity index (χ3v) is 4.78. The van der Waals surface area contributed by atoms with Gasteiger partial charge in [-0.05, 0) is 18.9 Å². The van der Waals surface area contributed by atoms with Gasteiger partial charge in [-0.3, -0.25) is 9.69 Å². The molecule has 2 heterocycles. The minimum Gasteiger partial charge on any atom is -0.335 e. The monoisotopic (exact) mass is 316 g/mol. The van der Waals surface area contributed by atoms with Crippen LogP contribution in [-0.2, 0) is 4.79 Å². The number of hydrogen-bond donors (Lipinski definition) is 2. The van der Waals surface area contributed by atoms with Crippen LogP contribution in [0.1, 0.15) is 26.7 Å². The lowest BCUT2D eigenvalue weighted by atomic mass is 9.94. The normalized spacial score (nSPS) is 16.0. The number of nitrogens with zero attached hydrogens (tertiary/aromatic N) is 1. The number of terminal acetylenes is 1.